The Hall–Kier alpha value is -2.95. The van der Waals surface area contributed by atoms with Crippen LogP contribution in [0.25, 0.3) is 0 Å². The average molecular weight is 419 g/mol. The molecule has 5 nitrogen and oxygen atoms in total. The van der Waals surface area contributed by atoms with Crippen molar-refractivity contribution in [2.75, 3.05) is 13.1 Å². The van der Waals surface area contributed by atoms with E-state index in [9.17, 15) is 14.4 Å². The van der Waals surface area contributed by atoms with E-state index in [4.69, 9.17) is 0 Å². The van der Waals surface area contributed by atoms with E-state index in [-0.39, 0.29) is 36.6 Å². The molecule has 2 aliphatic rings. The number of nitrogens with zero attached hydrogens (tertiary/aromatic N) is 1. The molecule has 2 aromatic carbocycles. The van der Waals surface area contributed by atoms with Gasteiger partial charge < -0.3 is 5.32 Å². The number of nitrogens with one attached hydrogen (secondary N) is 1. The molecule has 1 aliphatic carbocycles. The predicted molar refractivity (Wildman–Crippen MR) is 119 cm³/mol. The van der Waals surface area contributed by atoms with Crippen LogP contribution in [-0.4, -0.2) is 35.7 Å². The highest BCUT2D eigenvalue weighted by Gasteiger charge is 2.51. The van der Waals surface area contributed by atoms with Crippen molar-refractivity contribution >= 4 is 17.7 Å². The van der Waals surface area contributed by atoms with Crippen LogP contribution in [-0.2, 0) is 14.4 Å². The van der Waals surface area contributed by atoms with Gasteiger partial charge in [-0.2, -0.15) is 0 Å². The summed E-state index contributed by atoms with van der Waals surface area (Å²) in [6.07, 6.45) is 5.64. The highest BCUT2D eigenvalue weighted by Crippen LogP contribution is 2.45. The van der Waals surface area contributed by atoms with Crippen LogP contribution >= 0.6 is 0 Å². The van der Waals surface area contributed by atoms with Gasteiger partial charge >= 0.3 is 0 Å². The van der Waals surface area contributed by atoms with E-state index < -0.39 is 5.41 Å². The van der Waals surface area contributed by atoms with Gasteiger partial charge in [0.15, 0.2) is 0 Å². The molecule has 4 rings (SSSR count). The first-order chi connectivity index (χ1) is 15.1. The quantitative estimate of drug-likeness (QED) is 0.690. The fourth-order valence-electron chi connectivity index (χ4n) is 5.09. The lowest BCUT2D eigenvalue weighted by molar-refractivity contribution is -0.145. The minimum absolute atomic E-state index is 0.140. The van der Waals surface area contributed by atoms with Crippen molar-refractivity contribution in [3.8, 4) is 0 Å². The molecule has 31 heavy (non-hydrogen) atoms. The molecule has 3 amide bonds. The molecular formula is C26H30N2O3. The maximum atomic E-state index is 12.9. The second-order valence-electron chi connectivity index (χ2n) is 8.82. The van der Waals surface area contributed by atoms with Gasteiger partial charge in [0.1, 0.15) is 6.54 Å². The molecule has 5 heteroatoms. The number of amides is 3. The number of carbonyl (C=O) groups is 3. The average Bonchev–Trinajstić information content (AvgIpc) is 3.02. The molecule has 0 aromatic heterocycles. The van der Waals surface area contributed by atoms with Crippen LogP contribution in [0.1, 0.15) is 62.0 Å². The van der Waals surface area contributed by atoms with E-state index in [0.717, 1.165) is 38.5 Å². The molecular weight excluding hydrogens is 388 g/mol. The third-order valence-corrected chi connectivity index (χ3v) is 6.76. The van der Waals surface area contributed by atoms with E-state index in [1.165, 1.54) is 16.0 Å². The molecule has 1 saturated carbocycles. The first-order valence-electron chi connectivity index (χ1n) is 11.3. The lowest BCUT2D eigenvalue weighted by Crippen LogP contribution is -2.43. The van der Waals surface area contributed by atoms with E-state index >= 15 is 0 Å². The molecule has 0 unspecified atom stereocenters. The molecule has 2 aromatic rings. The van der Waals surface area contributed by atoms with Gasteiger partial charge in [-0.3, -0.25) is 19.3 Å². The smallest absolute Gasteiger partial charge is 0.240 e. The van der Waals surface area contributed by atoms with Crippen LogP contribution in [0.5, 0.6) is 0 Å². The van der Waals surface area contributed by atoms with Crippen molar-refractivity contribution in [1.82, 2.24) is 10.2 Å². The Morgan fingerprint density at radius 3 is 2.06 bits per heavy atom. The summed E-state index contributed by atoms with van der Waals surface area (Å²) in [5, 5.41) is 2.93. The van der Waals surface area contributed by atoms with E-state index in [0.29, 0.717) is 6.54 Å². The third kappa shape index (κ3) is 4.71. The zero-order valence-electron chi connectivity index (χ0n) is 17.9. The first kappa shape index (κ1) is 21.3. The maximum absolute atomic E-state index is 12.9. The highest BCUT2D eigenvalue weighted by molar-refractivity contribution is 6.08. The van der Waals surface area contributed by atoms with Crippen LogP contribution in [0.3, 0.4) is 0 Å². The van der Waals surface area contributed by atoms with Crippen LogP contribution < -0.4 is 5.32 Å². The van der Waals surface area contributed by atoms with Crippen LogP contribution in [0.15, 0.2) is 60.7 Å². The third-order valence-electron chi connectivity index (χ3n) is 6.76. The normalized spacial score (nSPS) is 18.0. The fourth-order valence-corrected chi connectivity index (χ4v) is 5.09. The van der Waals surface area contributed by atoms with Gasteiger partial charge in [0.05, 0.1) is 5.41 Å². The Morgan fingerprint density at radius 1 is 0.903 bits per heavy atom. The number of hydrogen-bond acceptors (Lipinski definition) is 3. The number of carbonyl (C=O) groups excluding carboxylic acids is 3. The molecule has 1 heterocycles. The monoisotopic (exact) mass is 418 g/mol. The minimum atomic E-state index is -0.540. The van der Waals surface area contributed by atoms with Gasteiger partial charge in [0, 0.05) is 18.9 Å². The largest absolute Gasteiger partial charge is 0.355 e. The van der Waals surface area contributed by atoms with Crippen LogP contribution in [0, 0.1) is 5.41 Å². The van der Waals surface area contributed by atoms with Crippen molar-refractivity contribution in [1.29, 1.82) is 0 Å². The topological polar surface area (TPSA) is 66.5 Å². The number of likely N-dealkylation sites (tertiary alicyclic amines) is 1. The standard InChI is InChI=1S/C26H30N2O3/c29-23(19-28-24(30)18-26(25(28)31)15-8-3-9-16-26)27-17-14-22(20-10-4-1-5-11-20)21-12-6-2-7-13-21/h1-2,4-7,10-13,22H,3,8-9,14-19H2,(H,27,29). The predicted octanol–water partition coefficient (Wildman–Crippen LogP) is 4.03. The molecule has 2 fully saturated rings. The maximum Gasteiger partial charge on any atom is 0.240 e. The van der Waals surface area contributed by atoms with E-state index in [1.54, 1.807) is 0 Å². The number of benzene rings is 2. The summed E-state index contributed by atoms with van der Waals surface area (Å²) in [5.41, 5.74) is 1.86. The van der Waals surface area contributed by atoms with Gasteiger partial charge in [-0.25, -0.2) is 0 Å². The fraction of sp³-hybridized carbons (Fsp3) is 0.423. The second kappa shape index (κ2) is 9.46. The SMILES string of the molecule is O=C(CN1C(=O)CC2(CCCCC2)C1=O)NCCC(c1ccccc1)c1ccccc1. The Balaban J connectivity index is 1.35. The number of rotatable bonds is 7. The van der Waals surface area contributed by atoms with Gasteiger partial charge in [0.2, 0.25) is 17.7 Å². The van der Waals surface area contributed by atoms with Crippen molar-refractivity contribution < 1.29 is 14.4 Å². The summed E-state index contributed by atoms with van der Waals surface area (Å²) in [6, 6.07) is 20.5. The Labute approximate surface area is 183 Å². The Bertz CT molecular complexity index is 881. The lowest BCUT2D eigenvalue weighted by Gasteiger charge is -2.30. The van der Waals surface area contributed by atoms with Gasteiger partial charge in [-0.15, -0.1) is 0 Å². The summed E-state index contributed by atoms with van der Waals surface area (Å²) in [6.45, 7) is 0.315. The van der Waals surface area contributed by atoms with E-state index in [1.807, 2.05) is 36.4 Å². The summed E-state index contributed by atoms with van der Waals surface area (Å²) in [7, 11) is 0. The van der Waals surface area contributed by atoms with Gasteiger partial charge in [0.25, 0.3) is 0 Å². The summed E-state index contributed by atoms with van der Waals surface area (Å²) >= 11 is 0. The summed E-state index contributed by atoms with van der Waals surface area (Å²) < 4.78 is 0. The summed E-state index contributed by atoms with van der Waals surface area (Å²) in [5.74, 6) is -0.440. The Morgan fingerprint density at radius 2 is 1.48 bits per heavy atom. The van der Waals surface area contributed by atoms with Crippen molar-refractivity contribution in [2.45, 2.75) is 50.9 Å². The van der Waals surface area contributed by atoms with Gasteiger partial charge in [-0.1, -0.05) is 79.9 Å². The molecule has 1 aliphatic heterocycles. The molecule has 1 saturated heterocycles. The highest BCUT2D eigenvalue weighted by atomic mass is 16.2. The molecule has 0 bridgehead atoms. The van der Waals surface area contributed by atoms with Crippen LogP contribution in [0.4, 0.5) is 0 Å². The number of imide groups is 1. The minimum Gasteiger partial charge on any atom is -0.355 e. The molecule has 162 valence electrons. The van der Waals surface area contributed by atoms with E-state index in [2.05, 4.69) is 29.6 Å². The van der Waals surface area contributed by atoms with Crippen LogP contribution in [0.2, 0.25) is 0 Å². The second-order valence-corrected chi connectivity index (χ2v) is 8.82. The lowest BCUT2D eigenvalue weighted by atomic mass is 9.73. The molecule has 1 N–H and O–H groups in total. The first-order valence-corrected chi connectivity index (χ1v) is 11.3. The van der Waals surface area contributed by atoms with Crippen molar-refractivity contribution in [3.63, 3.8) is 0 Å². The summed E-state index contributed by atoms with van der Waals surface area (Å²) in [4.78, 5) is 39.1. The van der Waals surface area contributed by atoms with Crippen molar-refractivity contribution in [3.05, 3.63) is 71.8 Å². The zero-order valence-corrected chi connectivity index (χ0v) is 17.9. The number of hydrogen-bond donors (Lipinski definition) is 1. The molecule has 0 radical (unpaired) electrons. The van der Waals surface area contributed by atoms with Gasteiger partial charge in [-0.05, 0) is 30.4 Å². The molecule has 1 spiro atoms. The van der Waals surface area contributed by atoms with Crippen molar-refractivity contribution in [2.24, 2.45) is 5.41 Å². The zero-order chi connectivity index (χ0) is 21.7. The Kier molecular flexibility index (Phi) is 6.50. The molecule has 0 atom stereocenters.